The molecule has 2 heterocycles. The molecule has 0 bridgehead atoms. The number of fused-ring (bicyclic) bond motifs is 1. The van der Waals surface area contributed by atoms with Gasteiger partial charge in [0, 0.05) is 32.7 Å². The standard InChI is InChI=1S/C13H18N2O2.C2H6/c1-14-4-6-15(7-5-14)9-11-2-3-12-13(8-11)17-10-16-12;1-2/h2-3,8H,4-7,9-10H2,1H3;1-2H3. The Kier molecular flexibility index (Phi) is 5.05. The number of rotatable bonds is 2. The molecule has 2 aliphatic heterocycles. The molecule has 106 valence electrons. The van der Waals surface area contributed by atoms with Gasteiger partial charge >= 0.3 is 0 Å². The quantitative estimate of drug-likeness (QED) is 0.817. The summed E-state index contributed by atoms with van der Waals surface area (Å²) in [5, 5.41) is 0. The molecule has 0 atom stereocenters. The van der Waals surface area contributed by atoms with Crippen molar-refractivity contribution in [1.29, 1.82) is 0 Å². The van der Waals surface area contributed by atoms with Gasteiger partial charge in [-0.15, -0.1) is 0 Å². The van der Waals surface area contributed by atoms with Crippen molar-refractivity contribution in [3.63, 3.8) is 0 Å². The molecular weight excluding hydrogens is 240 g/mol. The zero-order chi connectivity index (χ0) is 13.7. The van der Waals surface area contributed by atoms with E-state index in [4.69, 9.17) is 9.47 Å². The summed E-state index contributed by atoms with van der Waals surface area (Å²) in [7, 11) is 2.18. The fourth-order valence-electron chi connectivity index (χ4n) is 2.30. The first-order valence-corrected chi connectivity index (χ1v) is 7.11. The van der Waals surface area contributed by atoms with Crippen molar-refractivity contribution in [3.05, 3.63) is 23.8 Å². The molecule has 0 saturated carbocycles. The molecule has 3 rings (SSSR count). The highest BCUT2D eigenvalue weighted by molar-refractivity contribution is 5.44. The molecule has 1 saturated heterocycles. The van der Waals surface area contributed by atoms with Gasteiger partial charge in [-0.2, -0.15) is 0 Å². The summed E-state index contributed by atoms with van der Waals surface area (Å²) >= 11 is 0. The molecule has 0 aromatic heterocycles. The Hall–Kier alpha value is -1.26. The van der Waals surface area contributed by atoms with Crippen LogP contribution >= 0.6 is 0 Å². The second-order valence-corrected chi connectivity index (χ2v) is 4.77. The largest absolute Gasteiger partial charge is 0.454 e. The summed E-state index contributed by atoms with van der Waals surface area (Å²) in [6, 6.07) is 6.24. The first kappa shape index (κ1) is 14.2. The van der Waals surface area contributed by atoms with E-state index in [1.54, 1.807) is 0 Å². The van der Waals surface area contributed by atoms with Gasteiger partial charge < -0.3 is 14.4 Å². The van der Waals surface area contributed by atoms with Crippen LogP contribution in [0.1, 0.15) is 19.4 Å². The Balaban J connectivity index is 0.000000637. The fourth-order valence-corrected chi connectivity index (χ4v) is 2.30. The van der Waals surface area contributed by atoms with E-state index in [9.17, 15) is 0 Å². The summed E-state index contributed by atoms with van der Waals surface area (Å²) in [6.45, 7) is 9.96. The van der Waals surface area contributed by atoms with Crippen LogP contribution in [0.5, 0.6) is 11.5 Å². The Morgan fingerprint density at radius 3 is 2.42 bits per heavy atom. The van der Waals surface area contributed by atoms with Crippen LogP contribution in [-0.2, 0) is 6.54 Å². The maximum absolute atomic E-state index is 5.40. The van der Waals surface area contributed by atoms with E-state index in [1.807, 2.05) is 19.9 Å². The average molecular weight is 264 g/mol. The molecule has 1 aromatic rings. The SMILES string of the molecule is CC.CN1CCN(Cc2ccc3c(c2)OCO3)CC1. The highest BCUT2D eigenvalue weighted by Crippen LogP contribution is 2.32. The number of piperazine rings is 1. The van der Waals surface area contributed by atoms with Crippen molar-refractivity contribution in [2.75, 3.05) is 40.0 Å². The van der Waals surface area contributed by atoms with Gasteiger partial charge in [-0.05, 0) is 24.7 Å². The second kappa shape index (κ2) is 6.78. The Morgan fingerprint density at radius 2 is 1.68 bits per heavy atom. The normalized spacial score (nSPS) is 18.9. The summed E-state index contributed by atoms with van der Waals surface area (Å²) in [5.41, 5.74) is 1.30. The van der Waals surface area contributed by atoms with Gasteiger partial charge in [-0.3, -0.25) is 4.90 Å². The monoisotopic (exact) mass is 264 g/mol. The zero-order valence-electron chi connectivity index (χ0n) is 12.2. The molecule has 0 aliphatic carbocycles. The third kappa shape index (κ3) is 3.61. The van der Waals surface area contributed by atoms with Gasteiger partial charge in [-0.25, -0.2) is 0 Å². The van der Waals surface area contributed by atoms with E-state index in [0.717, 1.165) is 44.2 Å². The minimum atomic E-state index is 0.354. The van der Waals surface area contributed by atoms with Crippen LogP contribution in [0.25, 0.3) is 0 Å². The van der Waals surface area contributed by atoms with Gasteiger partial charge in [0.2, 0.25) is 6.79 Å². The smallest absolute Gasteiger partial charge is 0.231 e. The lowest BCUT2D eigenvalue weighted by atomic mass is 10.2. The van der Waals surface area contributed by atoms with Crippen LogP contribution in [0.2, 0.25) is 0 Å². The number of hydrogen-bond acceptors (Lipinski definition) is 4. The molecule has 0 N–H and O–H groups in total. The van der Waals surface area contributed by atoms with Crippen LogP contribution in [-0.4, -0.2) is 49.8 Å². The minimum absolute atomic E-state index is 0.354. The van der Waals surface area contributed by atoms with E-state index in [2.05, 4.69) is 29.0 Å². The Morgan fingerprint density at radius 1 is 1.00 bits per heavy atom. The predicted octanol–water partition coefficient (Wildman–Crippen LogP) is 2.19. The lowest BCUT2D eigenvalue weighted by Crippen LogP contribution is -2.43. The fraction of sp³-hybridized carbons (Fsp3) is 0.600. The van der Waals surface area contributed by atoms with Gasteiger partial charge in [0.15, 0.2) is 11.5 Å². The molecule has 2 aliphatic rings. The zero-order valence-corrected chi connectivity index (χ0v) is 12.2. The number of ether oxygens (including phenoxy) is 2. The molecular formula is C15H24N2O2. The van der Waals surface area contributed by atoms with Crippen molar-refractivity contribution in [1.82, 2.24) is 9.80 Å². The molecule has 1 fully saturated rings. The van der Waals surface area contributed by atoms with Crippen LogP contribution in [0.3, 0.4) is 0 Å². The molecule has 0 amide bonds. The first-order chi connectivity index (χ1) is 9.31. The summed E-state index contributed by atoms with van der Waals surface area (Å²) < 4.78 is 10.7. The lowest BCUT2D eigenvalue weighted by Gasteiger charge is -2.32. The Labute approximate surface area is 115 Å². The van der Waals surface area contributed by atoms with Crippen LogP contribution in [0.4, 0.5) is 0 Å². The van der Waals surface area contributed by atoms with Crippen molar-refractivity contribution in [2.45, 2.75) is 20.4 Å². The molecule has 1 aromatic carbocycles. The third-order valence-corrected chi connectivity index (χ3v) is 3.44. The van der Waals surface area contributed by atoms with E-state index >= 15 is 0 Å². The van der Waals surface area contributed by atoms with Crippen LogP contribution in [0, 0.1) is 0 Å². The first-order valence-electron chi connectivity index (χ1n) is 7.11. The summed E-state index contributed by atoms with van der Waals surface area (Å²) in [6.07, 6.45) is 0. The van der Waals surface area contributed by atoms with E-state index in [0.29, 0.717) is 6.79 Å². The van der Waals surface area contributed by atoms with Crippen molar-refractivity contribution < 1.29 is 9.47 Å². The van der Waals surface area contributed by atoms with Crippen LogP contribution in [0.15, 0.2) is 18.2 Å². The van der Waals surface area contributed by atoms with Gasteiger partial charge in [0.05, 0.1) is 0 Å². The molecule has 19 heavy (non-hydrogen) atoms. The maximum atomic E-state index is 5.40. The number of hydrogen-bond donors (Lipinski definition) is 0. The van der Waals surface area contributed by atoms with E-state index < -0.39 is 0 Å². The predicted molar refractivity (Wildman–Crippen MR) is 76.7 cm³/mol. The molecule has 0 unspecified atom stereocenters. The van der Waals surface area contributed by atoms with E-state index in [-0.39, 0.29) is 0 Å². The van der Waals surface area contributed by atoms with Crippen molar-refractivity contribution >= 4 is 0 Å². The highest BCUT2D eigenvalue weighted by atomic mass is 16.7. The van der Waals surface area contributed by atoms with Gasteiger partial charge in [0.25, 0.3) is 0 Å². The van der Waals surface area contributed by atoms with Gasteiger partial charge in [0.1, 0.15) is 0 Å². The molecule has 0 spiro atoms. The van der Waals surface area contributed by atoms with Crippen LogP contribution < -0.4 is 9.47 Å². The molecule has 4 heteroatoms. The third-order valence-electron chi connectivity index (χ3n) is 3.44. The minimum Gasteiger partial charge on any atom is -0.454 e. The van der Waals surface area contributed by atoms with Crippen molar-refractivity contribution in [2.24, 2.45) is 0 Å². The topological polar surface area (TPSA) is 24.9 Å². The summed E-state index contributed by atoms with van der Waals surface area (Å²) in [4.78, 5) is 4.85. The molecule has 4 nitrogen and oxygen atoms in total. The number of benzene rings is 1. The number of likely N-dealkylation sites (N-methyl/N-ethyl adjacent to an activating group) is 1. The lowest BCUT2D eigenvalue weighted by molar-refractivity contribution is 0.148. The van der Waals surface area contributed by atoms with Crippen molar-refractivity contribution in [3.8, 4) is 11.5 Å². The maximum Gasteiger partial charge on any atom is 0.231 e. The Bertz CT molecular complexity index is 401. The van der Waals surface area contributed by atoms with E-state index in [1.165, 1.54) is 5.56 Å². The van der Waals surface area contributed by atoms with Gasteiger partial charge in [-0.1, -0.05) is 19.9 Å². The highest BCUT2D eigenvalue weighted by Gasteiger charge is 2.16. The molecule has 0 radical (unpaired) electrons. The second-order valence-electron chi connectivity index (χ2n) is 4.77. The average Bonchev–Trinajstić information content (AvgIpc) is 2.91. The summed E-state index contributed by atoms with van der Waals surface area (Å²) in [5.74, 6) is 1.75. The number of nitrogens with zero attached hydrogens (tertiary/aromatic N) is 2.